The maximum Gasteiger partial charge on any atom is 0.175 e. The fourth-order valence-electron chi connectivity index (χ4n) is 3.23. The first kappa shape index (κ1) is 21.1. The van der Waals surface area contributed by atoms with Crippen LogP contribution in [0.2, 0.25) is 10.0 Å². The number of hydrogen-bond donors (Lipinski definition) is 0. The third kappa shape index (κ3) is 4.21. The molecule has 4 aromatic rings. The van der Waals surface area contributed by atoms with Gasteiger partial charge in [-0.1, -0.05) is 47.5 Å². The first-order chi connectivity index (χ1) is 14.8. The van der Waals surface area contributed by atoms with Crippen molar-refractivity contribution in [1.29, 1.82) is 5.26 Å². The van der Waals surface area contributed by atoms with Gasteiger partial charge in [0.25, 0.3) is 0 Å². The monoisotopic (exact) mass is 467 g/mol. The molecule has 0 amide bonds. The molecule has 0 bridgehead atoms. The van der Waals surface area contributed by atoms with Gasteiger partial charge in [0.05, 0.1) is 16.3 Å². The SMILES string of the molecule is CS(=O)(=O)c1ccc(-n2nc(-c3ccc(Cl)cc3)c(C#N)c2-c2ccc(Cl)cc2)cc1. The van der Waals surface area contributed by atoms with Gasteiger partial charge in [0.2, 0.25) is 0 Å². The molecule has 0 aliphatic rings. The van der Waals surface area contributed by atoms with E-state index in [0.717, 1.165) is 17.4 Å². The van der Waals surface area contributed by atoms with Gasteiger partial charge < -0.3 is 0 Å². The van der Waals surface area contributed by atoms with Crippen molar-refractivity contribution in [3.63, 3.8) is 0 Å². The fraction of sp³-hybridized carbons (Fsp3) is 0.0435. The van der Waals surface area contributed by atoms with Crippen LogP contribution in [0.15, 0.2) is 77.7 Å². The molecule has 1 heterocycles. The van der Waals surface area contributed by atoms with Crippen LogP contribution in [0.25, 0.3) is 28.2 Å². The summed E-state index contributed by atoms with van der Waals surface area (Å²) in [7, 11) is -3.33. The number of sulfone groups is 1. The van der Waals surface area contributed by atoms with Crippen molar-refractivity contribution in [2.45, 2.75) is 4.90 Å². The highest BCUT2D eigenvalue weighted by molar-refractivity contribution is 7.90. The summed E-state index contributed by atoms with van der Waals surface area (Å²) < 4.78 is 25.3. The van der Waals surface area contributed by atoms with E-state index in [9.17, 15) is 13.7 Å². The van der Waals surface area contributed by atoms with Gasteiger partial charge in [0.1, 0.15) is 17.3 Å². The Bertz CT molecular complexity index is 1400. The van der Waals surface area contributed by atoms with Crippen LogP contribution in [0.5, 0.6) is 0 Å². The summed E-state index contributed by atoms with van der Waals surface area (Å²) in [5.74, 6) is 0. The molecule has 8 heteroatoms. The smallest absolute Gasteiger partial charge is 0.175 e. The number of benzene rings is 3. The fourth-order valence-corrected chi connectivity index (χ4v) is 4.11. The summed E-state index contributed by atoms with van der Waals surface area (Å²) in [5.41, 5.74) is 3.57. The van der Waals surface area contributed by atoms with Crippen molar-refractivity contribution in [1.82, 2.24) is 9.78 Å². The maximum absolute atomic E-state index is 11.8. The van der Waals surface area contributed by atoms with E-state index in [1.54, 1.807) is 53.2 Å². The average molecular weight is 468 g/mol. The zero-order chi connectivity index (χ0) is 22.2. The van der Waals surface area contributed by atoms with Gasteiger partial charge in [-0.2, -0.15) is 10.4 Å². The molecular weight excluding hydrogens is 453 g/mol. The molecule has 4 rings (SSSR count). The molecule has 31 heavy (non-hydrogen) atoms. The van der Waals surface area contributed by atoms with Crippen molar-refractivity contribution in [3.8, 4) is 34.3 Å². The van der Waals surface area contributed by atoms with Gasteiger partial charge in [0, 0.05) is 27.4 Å². The van der Waals surface area contributed by atoms with Crippen molar-refractivity contribution >= 4 is 33.0 Å². The van der Waals surface area contributed by atoms with Gasteiger partial charge in [-0.05, 0) is 48.5 Å². The molecule has 5 nitrogen and oxygen atoms in total. The zero-order valence-electron chi connectivity index (χ0n) is 16.3. The zero-order valence-corrected chi connectivity index (χ0v) is 18.6. The molecule has 0 radical (unpaired) electrons. The largest absolute Gasteiger partial charge is 0.231 e. The molecule has 0 saturated carbocycles. The maximum atomic E-state index is 11.8. The Labute approximate surface area is 190 Å². The van der Waals surface area contributed by atoms with E-state index in [-0.39, 0.29) is 4.90 Å². The van der Waals surface area contributed by atoms with Crippen LogP contribution in [0.1, 0.15) is 5.56 Å². The third-order valence-electron chi connectivity index (χ3n) is 4.74. The highest BCUT2D eigenvalue weighted by atomic mass is 35.5. The molecule has 154 valence electrons. The van der Waals surface area contributed by atoms with Gasteiger partial charge in [-0.25, -0.2) is 13.1 Å². The molecule has 0 aliphatic heterocycles. The quantitative estimate of drug-likeness (QED) is 0.380. The van der Waals surface area contributed by atoms with Crippen LogP contribution >= 0.6 is 23.2 Å². The minimum absolute atomic E-state index is 0.204. The van der Waals surface area contributed by atoms with Crippen molar-refractivity contribution in [2.24, 2.45) is 0 Å². The molecular formula is C23H15Cl2N3O2S. The number of nitriles is 1. The topological polar surface area (TPSA) is 75.8 Å². The Morgan fingerprint density at radius 1 is 0.839 bits per heavy atom. The van der Waals surface area contributed by atoms with E-state index in [0.29, 0.717) is 32.7 Å². The van der Waals surface area contributed by atoms with Crippen LogP contribution in [0.3, 0.4) is 0 Å². The first-order valence-corrected chi connectivity index (χ1v) is 11.8. The average Bonchev–Trinajstić information content (AvgIpc) is 3.14. The van der Waals surface area contributed by atoms with Gasteiger partial charge in [-0.15, -0.1) is 0 Å². The Hall–Kier alpha value is -3.11. The predicted molar refractivity (Wildman–Crippen MR) is 122 cm³/mol. The number of aromatic nitrogens is 2. The second-order valence-electron chi connectivity index (χ2n) is 6.88. The molecule has 0 aliphatic carbocycles. The number of halogens is 2. The van der Waals surface area contributed by atoms with E-state index in [4.69, 9.17) is 28.3 Å². The molecule has 0 spiro atoms. The summed E-state index contributed by atoms with van der Waals surface area (Å²) >= 11 is 12.1. The third-order valence-corrected chi connectivity index (χ3v) is 6.37. The molecule has 3 aromatic carbocycles. The molecule has 0 N–H and O–H groups in total. The highest BCUT2D eigenvalue weighted by Crippen LogP contribution is 2.35. The summed E-state index contributed by atoms with van der Waals surface area (Å²) in [6.07, 6.45) is 1.15. The van der Waals surface area contributed by atoms with Crippen LogP contribution in [-0.4, -0.2) is 24.5 Å². The lowest BCUT2D eigenvalue weighted by Gasteiger charge is -2.09. The molecule has 0 fully saturated rings. The van der Waals surface area contributed by atoms with Crippen molar-refractivity contribution < 1.29 is 8.42 Å². The van der Waals surface area contributed by atoms with Gasteiger partial charge in [0.15, 0.2) is 9.84 Å². The normalized spacial score (nSPS) is 11.3. The van der Waals surface area contributed by atoms with E-state index in [1.807, 2.05) is 12.1 Å². The van der Waals surface area contributed by atoms with E-state index < -0.39 is 9.84 Å². The van der Waals surface area contributed by atoms with Gasteiger partial charge >= 0.3 is 0 Å². The lowest BCUT2D eigenvalue weighted by Crippen LogP contribution is -2.02. The van der Waals surface area contributed by atoms with E-state index >= 15 is 0 Å². The van der Waals surface area contributed by atoms with Crippen LogP contribution in [0, 0.1) is 11.3 Å². The summed E-state index contributed by atoms with van der Waals surface area (Å²) in [6, 6.07) is 22.8. The number of rotatable bonds is 4. The molecule has 0 unspecified atom stereocenters. The van der Waals surface area contributed by atoms with Crippen molar-refractivity contribution in [3.05, 3.63) is 88.4 Å². The Kier molecular flexibility index (Phi) is 5.59. The van der Waals surface area contributed by atoms with Crippen LogP contribution < -0.4 is 0 Å². The highest BCUT2D eigenvalue weighted by Gasteiger charge is 2.22. The minimum Gasteiger partial charge on any atom is -0.231 e. The van der Waals surface area contributed by atoms with E-state index in [2.05, 4.69) is 6.07 Å². The lowest BCUT2D eigenvalue weighted by atomic mass is 10.0. The van der Waals surface area contributed by atoms with Gasteiger partial charge in [-0.3, -0.25) is 0 Å². The second-order valence-corrected chi connectivity index (χ2v) is 9.76. The standard InChI is InChI=1S/C23H15Cl2N3O2S/c1-31(29,30)20-12-10-19(11-13-20)28-23(16-4-8-18(25)9-5-16)21(14-26)22(27-28)15-2-6-17(24)7-3-15/h2-13H,1H3. The van der Waals surface area contributed by atoms with Crippen LogP contribution in [-0.2, 0) is 9.84 Å². The Balaban J connectivity index is 1.98. The minimum atomic E-state index is -3.33. The number of hydrogen-bond acceptors (Lipinski definition) is 4. The summed E-state index contributed by atoms with van der Waals surface area (Å²) in [5, 5.41) is 15.9. The predicted octanol–water partition coefficient (Wildman–Crippen LogP) is 5.79. The first-order valence-electron chi connectivity index (χ1n) is 9.13. The summed E-state index contributed by atoms with van der Waals surface area (Å²) in [6.45, 7) is 0. The molecule has 0 atom stereocenters. The molecule has 1 aromatic heterocycles. The van der Waals surface area contributed by atoms with E-state index in [1.165, 1.54) is 12.1 Å². The molecule has 0 saturated heterocycles. The summed E-state index contributed by atoms with van der Waals surface area (Å²) in [4.78, 5) is 0.204. The Morgan fingerprint density at radius 2 is 1.35 bits per heavy atom. The lowest BCUT2D eigenvalue weighted by molar-refractivity contribution is 0.602. The van der Waals surface area contributed by atoms with Crippen LogP contribution in [0.4, 0.5) is 0 Å². The Morgan fingerprint density at radius 3 is 1.84 bits per heavy atom. The second kappa shape index (κ2) is 8.20. The van der Waals surface area contributed by atoms with Crippen molar-refractivity contribution in [2.75, 3.05) is 6.26 Å². The number of nitrogens with zero attached hydrogens (tertiary/aromatic N) is 3.